The molecule has 4 heteroatoms. The van der Waals surface area contributed by atoms with Crippen LogP contribution in [0.5, 0.6) is 0 Å². The first-order valence-corrected chi connectivity index (χ1v) is 9.53. The molecule has 0 bridgehead atoms. The fourth-order valence-corrected chi connectivity index (χ4v) is 3.27. The van der Waals surface area contributed by atoms with Crippen molar-refractivity contribution >= 4 is 17.3 Å². The lowest BCUT2D eigenvalue weighted by atomic mass is 9.97. The van der Waals surface area contributed by atoms with E-state index in [9.17, 15) is 4.79 Å². The van der Waals surface area contributed by atoms with E-state index < -0.39 is 0 Å². The first-order valence-electron chi connectivity index (χ1n) is 9.53. The van der Waals surface area contributed by atoms with E-state index in [2.05, 4.69) is 28.6 Å². The van der Waals surface area contributed by atoms with Gasteiger partial charge in [-0.25, -0.2) is 4.98 Å². The standard InChI is InChI=1S/C22H27N3O/c1-2-18-10-6-7-11-20(18)25-22(26)21-13-12-19(16-24-21)23-15-14-17-8-4-3-5-9-17/h6-8,10-13,16,23H,2-5,9,14-15H2,1H3,(H,25,26). The van der Waals surface area contributed by atoms with Crippen LogP contribution in [0.1, 0.15) is 55.1 Å². The Morgan fingerprint density at radius 2 is 2.04 bits per heavy atom. The zero-order chi connectivity index (χ0) is 18.2. The molecule has 2 aromatic rings. The topological polar surface area (TPSA) is 54.0 Å². The van der Waals surface area contributed by atoms with E-state index in [4.69, 9.17) is 0 Å². The molecule has 1 aliphatic carbocycles. The Bertz CT molecular complexity index is 765. The van der Waals surface area contributed by atoms with Crippen molar-refractivity contribution in [3.63, 3.8) is 0 Å². The van der Waals surface area contributed by atoms with E-state index in [1.54, 1.807) is 17.8 Å². The molecule has 3 rings (SSSR count). The molecule has 1 aliphatic rings. The average molecular weight is 349 g/mol. The van der Waals surface area contributed by atoms with E-state index in [1.165, 1.54) is 25.7 Å². The van der Waals surface area contributed by atoms with Crippen molar-refractivity contribution in [1.82, 2.24) is 4.98 Å². The Kier molecular flexibility index (Phi) is 6.42. The molecule has 0 unspecified atom stereocenters. The van der Waals surface area contributed by atoms with Crippen LogP contribution in [0, 0.1) is 0 Å². The quantitative estimate of drug-likeness (QED) is 0.676. The lowest BCUT2D eigenvalue weighted by Crippen LogP contribution is -2.15. The molecule has 1 aromatic carbocycles. The van der Waals surface area contributed by atoms with Gasteiger partial charge in [-0.3, -0.25) is 4.79 Å². The van der Waals surface area contributed by atoms with Crippen molar-refractivity contribution in [2.75, 3.05) is 17.2 Å². The lowest BCUT2D eigenvalue weighted by Gasteiger charge is -2.13. The maximum atomic E-state index is 12.4. The van der Waals surface area contributed by atoms with Crippen molar-refractivity contribution in [1.29, 1.82) is 0 Å². The van der Waals surface area contributed by atoms with E-state index in [1.807, 2.05) is 30.3 Å². The molecule has 2 N–H and O–H groups in total. The number of anilines is 2. The number of aromatic nitrogens is 1. The van der Waals surface area contributed by atoms with Crippen LogP contribution in [0.15, 0.2) is 54.2 Å². The normalized spacial score (nSPS) is 13.8. The van der Waals surface area contributed by atoms with Crippen LogP contribution in [0.25, 0.3) is 0 Å². The van der Waals surface area contributed by atoms with Gasteiger partial charge >= 0.3 is 0 Å². The number of benzene rings is 1. The van der Waals surface area contributed by atoms with Gasteiger partial charge in [0.25, 0.3) is 5.91 Å². The number of carbonyl (C=O) groups is 1. The zero-order valence-electron chi connectivity index (χ0n) is 15.4. The summed E-state index contributed by atoms with van der Waals surface area (Å²) in [5.41, 5.74) is 4.91. The third kappa shape index (κ3) is 4.94. The maximum Gasteiger partial charge on any atom is 0.274 e. The van der Waals surface area contributed by atoms with Gasteiger partial charge in [-0.1, -0.05) is 36.8 Å². The van der Waals surface area contributed by atoms with Gasteiger partial charge in [0.2, 0.25) is 0 Å². The molecule has 0 radical (unpaired) electrons. The molecule has 26 heavy (non-hydrogen) atoms. The van der Waals surface area contributed by atoms with Gasteiger partial charge in [-0.15, -0.1) is 0 Å². The van der Waals surface area contributed by atoms with Gasteiger partial charge in [0.1, 0.15) is 5.69 Å². The molecular weight excluding hydrogens is 322 g/mol. The van der Waals surface area contributed by atoms with Gasteiger partial charge in [0.05, 0.1) is 11.9 Å². The number of pyridine rings is 1. The minimum absolute atomic E-state index is 0.176. The van der Waals surface area contributed by atoms with Gasteiger partial charge < -0.3 is 10.6 Å². The summed E-state index contributed by atoms with van der Waals surface area (Å²) < 4.78 is 0. The number of nitrogens with one attached hydrogen (secondary N) is 2. The number of aryl methyl sites for hydroxylation is 1. The van der Waals surface area contributed by atoms with Crippen LogP contribution in [-0.2, 0) is 6.42 Å². The van der Waals surface area contributed by atoms with Gasteiger partial charge in [-0.05, 0) is 62.3 Å². The number of rotatable bonds is 7. The molecule has 1 aromatic heterocycles. The third-order valence-electron chi connectivity index (χ3n) is 4.80. The second-order valence-electron chi connectivity index (χ2n) is 6.68. The molecule has 4 nitrogen and oxygen atoms in total. The molecule has 0 fully saturated rings. The number of amides is 1. The summed E-state index contributed by atoms with van der Waals surface area (Å²) in [5.74, 6) is -0.176. The average Bonchev–Trinajstić information content (AvgIpc) is 2.70. The fraction of sp³-hybridized carbons (Fsp3) is 0.364. The van der Waals surface area contributed by atoms with Crippen molar-refractivity contribution in [2.24, 2.45) is 0 Å². The van der Waals surface area contributed by atoms with E-state index in [-0.39, 0.29) is 5.91 Å². The van der Waals surface area contributed by atoms with Crippen molar-refractivity contribution in [3.8, 4) is 0 Å². The summed E-state index contributed by atoms with van der Waals surface area (Å²) in [5, 5.41) is 6.35. The predicted molar refractivity (Wildman–Crippen MR) is 108 cm³/mol. The number of nitrogens with zero attached hydrogens (tertiary/aromatic N) is 1. The molecule has 0 atom stereocenters. The third-order valence-corrected chi connectivity index (χ3v) is 4.80. The first-order chi connectivity index (χ1) is 12.8. The second kappa shape index (κ2) is 9.18. The van der Waals surface area contributed by atoms with Crippen molar-refractivity contribution < 1.29 is 4.79 Å². The summed E-state index contributed by atoms with van der Waals surface area (Å²) in [4.78, 5) is 16.7. The molecule has 0 spiro atoms. The molecule has 0 saturated heterocycles. The minimum Gasteiger partial charge on any atom is -0.383 e. The largest absolute Gasteiger partial charge is 0.383 e. The fourth-order valence-electron chi connectivity index (χ4n) is 3.27. The molecule has 0 aliphatic heterocycles. The maximum absolute atomic E-state index is 12.4. The number of hydrogen-bond acceptors (Lipinski definition) is 3. The predicted octanol–water partition coefficient (Wildman–Crippen LogP) is 5.20. The van der Waals surface area contributed by atoms with Crippen LogP contribution in [0.3, 0.4) is 0 Å². The highest BCUT2D eigenvalue weighted by molar-refractivity contribution is 6.03. The number of allylic oxidation sites excluding steroid dienone is 1. The number of hydrogen-bond donors (Lipinski definition) is 2. The smallest absolute Gasteiger partial charge is 0.274 e. The summed E-state index contributed by atoms with van der Waals surface area (Å²) in [7, 11) is 0. The Balaban J connectivity index is 1.53. The Labute approximate surface area is 155 Å². The summed E-state index contributed by atoms with van der Waals surface area (Å²) >= 11 is 0. The molecule has 1 amide bonds. The molecule has 0 saturated carbocycles. The number of para-hydroxylation sites is 1. The van der Waals surface area contributed by atoms with Crippen LogP contribution in [0.2, 0.25) is 0 Å². The highest BCUT2D eigenvalue weighted by Crippen LogP contribution is 2.20. The van der Waals surface area contributed by atoms with Gasteiger partial charge in [-0.2, -0.15) is 0 Å². The van der Waals surface area contributed by atoms with Crippen LogP contribution in [0.4, 0.5) is 11.4 Å². The summed E-state index contributed by atoms with van der Waals surface area (Å²) in [6.45, 7) is 2.98. The molecule has 136 valence electrons. The molecule has 1 heterocycles. The van der Waals surface area contributed by atoms with E-state index >= 15 is 0 Å². The zero-order valence-corrected chi connectivity index (χ0v) is 15.4. The van der Waals surface area contributed by atoms with Crippen LogP contribution < -0.4 is 10.6 Å². The van der Waals surface area contributed by atoms with Crippen LogP contribution >= 0.6 is 0 Å². The first kappa shape index (κ1) is 18.2. The molecular formula is C22H27N3O. The summed E-state index contributed by atoms with van der Waals surface area (Å²) in [6.07, 6.45) is 11.2. The van der Waals surface area contributed by atoms with Gasteiger partial charge in [0, 0.05) is 12.2 Å². The van der Waals surface area contributed by atoms with Gasteiger partial charge in [0.15, 0.2) is 0 Å². The Morgan fingerprint density at radius 3 is 2.77 bits per heavy atom. The van der Waals surface area contributed by atoms with Crippen molar-refractivity contribution in [3.05, 3.63) is 65.5 Å². The van der Waals surface area contributed by atoms with Crippen molar-refractivity contribution in [2.45, 2.75) is 45.4 Å². The summed E-state index contributed by atoms with van der Waals surface area (Å²) in [6, 6.07) is 11.5. The lowest BCUT2D eigenvalue weighted by molar-refractivity contribution is 0.102. The van der Waals surface area contributed by atoms with Crippen LogP contribution in [-0.4, -0.2) is 17.4 Å². The minimum atomic E-state index is -0.176. The highest BCUT2D eigenvalue weighted by Gasteiger charge is 2.10. The number of carbonyl (C=O) groups excluding carboxylic acids is 1. The van der Waals surface area contributed by atoms with E-state index in [0.29, 0.717) is 5.69 Å². The van der Waals surface area contributed by atoms with E-state index in [0.717, 1.165) is 36.3 Å². The highest BCUT2D eigenvalue weighted by atomic mass is 16.1. The second-order valence-corrected chi connectivity index (χ2v) is 6.68. The Morgan fingerprint density at radius 1 is 1.15 bits per heavy atom. The SMILES string of the molecule is CCc1ccccc1NC(=O)c1ccc(NCCC2=CCCCC2)cn1. The Hall–Kier alpha value is -2.62. The monoisotopic (exact) mass is 349 g/mol.